The van der Waals surface area contributed by atoms with Gasteiger partial charge in [-0.15, -0.1) is 0 Å². The molecule has 136 valence electrons. The van der Waals surface area contributed by atoms with E-state index in [4.69, 9.17) is 0 Å². The third-order valence-corrected chi connectivity index (χ3v) is 7.43. The van der Waals surface area contributed by atoms with Gasteiger partial charge in [0, 0.05) is 31.1 Å². The second-order valence-electron chi connectivity index (χ2n) is 7.13. The van der Waals surface area contributed by atoms with Crippen LogP contribution in [0.4, 0.5) is 0 Å². The van der Waals surface area contributed by atoms with Crippen molar-refractivity contribution < 1.29 is 8.42 Å². The molecule has 0 aliphatic carbocycles. The van der Waals surface area contributed by atoms with Gasteiger partial charge in [0.05, 0.1) is 4.90 Å². The summed E-state index contributed by atoms with van der Waals surface area (Å²) in [5, 5.41) is 3.36. The maximum Gasteiger partial charge on any atom is 0.243 e. The molecule has 1 N–H and O–H groups in total. The van der Waals surface area contributed by atoms with Gasteiger partial charge in [0.2, 0.25) is 10.0 Å². The Morgan fingerprint density at radius 1 is 1.00 bits per heavy atom. The van der Waals surface area contributed by atoms with Gasteiger partial charge < -0.3 is 5.32 Å². The van der Waals surface area contributed by atoms with E-state index in [2.05, 4.69) is 35.7 Å². The fourth-order valence-electron chi connectivity index (χ4n) is 4.18. The molecular formula is C21H24N2O2S. The number of piperazine rings is 1. The number of sulfonamides is 1. The molecule has 3 atom stereocenters. The van der Waals surface area contributed by atoms with Crippen molar-refractivity contribution in [1.29, 1.82) is 0 Å². The minimum absolute atomic E-state index is 0.0207. The smallest absolute Gasteiger partial charge is 0.243 e. The van der Waals surface area contributed by atoms with Crippen LogP contribution in [-0.2, 0) is 10.0 Å². The van der Waals surface area contributed by atoms with Crippen molar-refractivity contribution in [3.63, 3.8) is 0 Å². The minimum atomic E-state index is -3.45. The Labute approximate surface area is 155 Å². The van der Waals surface area contributed by atoms with Crippen LogP contribution in [-0.4, -0.2) is 37.9 Å². The van der Waals surface area contributed by atoms with Gasteiger partial charge in [0.25, 0.3) is 0 Å². The van der Waals surface area contributed by atoms with Crippen molar-refractivity contribution in [2.24, 2.45) is 0 Å². The van der Waals surface area contributed by atoms with Gasteiger partial charge >= 0.3 is 0 Å². The Bertz CT molecular complexity index is 905. The van der Waals surface area contributed by atoms with Crippen molar-refractivity contribution in [1.82, 2.24) is 9.62 Å². The molecule has 4 rings (SSSR count). The standard InChI is InChI=1S/C21H24N2O2S/c1-3-4-16-7-9-17(10-8-16)21-19-13-22-14-20(21)23(19)26(24,25)18-11-5-15(2)6-12-18/h3-12,19-22H,13-14H2,1-2H3/b4-3+/t19-,20+,21?. The van der Waals surface area contributed by atoms with E-state index < -0.39 is 10.0 Å². The first-order valence-corrected chi connectivity index (χ1v) is 10.5. The van der Waals surface area contributed by atoms with Crippen LogP contribution in [0.15, 0.2) is 59.5 Å². The molecular weight excluding hydrogens is 344 g/mol. The maximum absolute atomic E-state index is 13.1. The van der Waals surface area contributed by atoms with Crippen LogP contribution in [0.3, 0.4) is 0 Å². The minimum Gasteiger partial charge on any atom is -0.313 e. The zero-order valence-corrected chi connectivity index (χ0v) is 15.9. The zero-order valence-electron chi connectivity index (χ0n) is 15.1. The molecule has 2 bridgehead atoms. The average Bonchev–Trinajstić information content (AvgIpc) is 2.64. The number of hydrogen-bond donors (Lipinski definition) is 1. The summed E-state index contributed by atoms with van der Waals surface area (Å²) in [7, 11) is -3.45. The summed E-state index contributed by atoms with van der Waals surface area (Å²) in [6.45, 7) is 5.36. The fraction of sp³-hybridized carbons (Fsp3) is 0.333. The molecule has 2 heterocycles. The van der Waals surface area contributed by atoms with Crippen molar-refractivity contribution >= 4 is 16.1 Å². The lowest BCUT2D eigenvalue weighted by molar-refractivity contribution is 0.0370. The first kappa shape index (κ1) is 17.5. The molecule has 0 saturated carbocycles. The molecule has 2 fully saturated rings. The highest BCUT2D eigenvalue weighted by molar-refractivity contribution is 7.89. The number of rotatable bonds is 4. The van der Waals surface area contributed by atoms with Crippen LogP contribution >= 0.6 is 0 Å². The molecule has 0 amide bonds. The highest BCUT2D eigenvalue weighted by atomic mass is 32.2. The topological polar surface area (TPSA) is 49.4 Å². The molecule has 0 aromatic heterocycles. The normalized spacial score (nSPS) is 26.0. The summed E-state index contributed by atoms with van der Waals surface area (Å²) in [4.78, 5) is 0.391. The van der Waals surface area contributed by atoms with Crippen LogP contribution in [0.1, 0.15) is 29.5 Å². The molecule has 26 heavy (non-hydrogen) atoms. The van der Waals surface area contributed by atoms with Crippen LogP contribution in [0.25, 0.3) is 6.08 Å². The Morgan fingerprint density at radius 2 is 1.62 bits per heavy atom. The molecule has 0 spiro atoms. The molecule has 5 heteroatoms. The number of aryl methyl sites for hydroxylation is 1. The van der Waals surface area contributed by atoms with E-state index in [1.807, 2.05) is 32.1 Å². The van der Waals surface area contributed by atoms with Crippen molar-refractivity contribution in [2.75, 3.05) is 13.1 Å². The maximum atomic E-state index is 13.1. The van der Waals surface area contributed by atoms with Gasteiger partial charge in [-0.05, 0) is 37.1 Å². The van der Waals surface area contributed by atoms with Crippen molar-refractivity contribution in [3.05, 3.63) is 71.3 Å². The van der Waals surface area contributed by atoms with E-state index in [0.717, 1.165) is 5.56 Å². The van der Waals surface area contributed by atoms with Gasteiger partial charge in [-0.1, -0.05) is 54.1 Å². The molecule has 1 unspecified atom stereocenters. The molecule has 2 aromatic carbocycles. The van der Waals surface area contributed by atoms with E-state index in [1.54, 1.807) is 16.4 Å². The summed E-state index contributed by atoms with van der Waals surface area (Å²) < 4.78 is 28.0. The second-order valence-corrected chi connectivity index (χ2v) is 8.98. The monoisotopic (exact) mass is 368 g/mol. The lowest BCUT2D eigenvalue weighted by atomic mass is 9.75. The van der Waals surface area contributed by atoms with Crippen LogP contribution < -0.4 is 5.32 Å². The molecule has 4 nitrogen and oxygen atoms in total. The molecule has 0 radical (unpaired) electrons. The first-order valence-electron chi connectivity index (χ1n) is 9.06. The third kappa shape index (κ3) is 2.80. The number of benzene rings is 2. The highest BCUT2D eigenvalue weighted by Crippen LogP contribution is 2.45. The highest BCUT2D eigenvalue weighted by Gasteiger charge is 2.56. The van der Waals surface area contributed by atoms with E-state index in [-0.39, 0.29) is 18.0 Å². The lowest BCUT2D eigenvalue weighted by Crippen LogP contribution is -2.73. The van der Waals surface area contributed by atoms with Gasteiger partial charge in [-0.25, -0.2) is 8.42 Å². The number of nitrogens with one attached hydrogen (secondary N) is 1. The van der Waals surface area contributed by atoms with Gasteiger partial charge in [0.1, 0.15) is 0 Å². The van der Waals surface area contributed by atoms with Gasteiger partial charge in [-0.2, -0.15) is 4.31 Å². The molecule has 2 aliphatic rings. The molecule has 2 aromatic rings. The number of allylic oxidation sites excluding steroid dienone is 1. The Hall–Kier alpha value is -1.95. The Balaban J connectivity index is 1.62. The van der Waals surface area contributed by atoms with Crippen molar-refractivity contribution in [2.45, 2.75) is 36.7 Å². The van der Waals surface area contributed by atoms with Crippen LogP contribution in [0.2, 0.25) is 0 Å². The van der Waals surface area contributed by atoms with E-state index >= 15 is 0 Å². The van der Waals surface area contributed by atoms with E-state index in [9.17, 15) is 8.42 Å². The van der Waals surface area contributed by atoms with E-state index in [0.29, 0.717) is 18.0 Å². The lowest BCUT2D eigenvalue weighted by Gasteiger charge is -2.57. The first-order chi connectivity index (χ1) is 12.5. The zero-order chi connectivity index (χ0) is 18.3. The second kappa shape index (κ2) is 6.65. The number of hydrogen-bond acceptors (Lipinski definition) is 3. The average molecular weight is 369 g/mol. The summed E-state index contributed by atoms with van der Waals surface area (Å²) in [5.41, 5.74) is 3.46. The molecule has 2 saturated heterocycles. The number of fused-ring (bicyclic) bond motifs is 2. The summed E-state index contributed by atoms with van der Waals surface area (Å²) >= 11 is 0. The van der Waals surface area contributed by atoms with Gasteiger partial charge in [-0.3, -0.25) is 0 Å². The number of piperidine rings is 1. The van der Waals surface area contributed by atoms with E-state index in [1.165, 1.54) is 11.1 Å². The SMILES string of the molecule is C/C=C/c1ccc(C2[C@H]3CNC[C@@H]2N3S(=O)(=O)c2ccc(C)cc2)cc1. The quantitative estimate of drug-likeness (QED) is 0.902. The predicted octanol–water partition coefficient (Wildman–Crippen LogP) is 3.16. The number of nitrogens with zero attached hydrogens (tertiary/aromatic N) is 1. The van der Waals surface area contributed by atoms with Crippen molar-refractivity contribution in [3.8, 4) is 0 Å². The fourth-order valence-corrected chi connectivity index (χ4v) is 6.03. The Morgan fingerprint density at radius 3 is 2.19 bits per heavy atom. The summed E-state index contributed by atoms with van der Waals surface area (Å²) in [5.74, 6) is 0.260. The summed E-state index contributed by atoms with van der Waals surface area (Å²) in [6, 6.07) is 15.6. The van der Waals surface area contributed by atoms with Crippen LogP contribution in [0, 0.1) is 6.92 Å². The largest absolute Gasteiger partial charge is 0.313 e. The van der Waals surface area contributed by atoms with Crippen LogP contribution in [0.5, 0.6) is 0 Å². The Kier molecular flexibility index (Phi) is 4.47. The summed E-state index contributed by atoms with van der Waals surface area (Å²) in [6.07, 6.45) is 4.09. The van der Waals surface area contributed by atoms with Gasteiger partial charge in [0.15, 0.2) is 0 Å². The molecule has 2 aliphatic heterocycles. The third-order valence-electron chi connectivity index (χ3n) is 5.47. The predicted molar refractivity (Wildman–Crippen MR) is 105 cm³/mol.